The molecule has 1 amide bonds. The Morgan fingerprint density at radius 3 is 2.87 bits per heavy atom. The lowest BCUT2D eigenvalue weighted by Gasteiger charge is -2.29. The van der Waals surface area contributed by atoms with Crippen LogP contribution in [-0.2, 0) is 0 Å². The first-order chi connectivity index (χ1) is 11.0. The molecule has 6 nitrogen and oxygen atoms in total. The third-order valence-corrected chi connectivity index (χ3v) is 4.69. The normalized spacial score (nSPS) is 21.3. The molecule has 0 aliphatic heterocycles. The summed E-state index contributed by atoms with van der Waals surface area (Å²) in [5.41, 5.74) is 0.286. The molecular formula is C17H21N3O3. The summed E-state index contributed by atoms with van der Waals surface area (Å²) < 4.78 is 1.30. The van der Waals surface area contributed by atoms with Crippen molar-refractivity contribution in [1.82, 2.24) is 14.7 Å². The maximum atomic E-state index is 12.6. The molecule has 122 valence electrons. The number of hydrogen-bond acceptors (Lipinski definition) is 4. The minimum atomic E-state index is -0.547. The zero-order valence-electron chi connectivity index (χ0n) is 13.4. The SMILES string of the molecule is Cc1cccn2c(=O)c(C(=O)N[C@H]3CCCC[C@H]3C)c(O)nc12. The number of carbonyl (C=O) groups excluding carboxylic acids is 1. The fraction of sp³-hybridized carbons (Fsp3) is 0.471. The van der Waals surface area contributed by atoms with Crippen molar-refractivity contribution < 1.29 is 9.90 Å². The molecule has 0 bridgehead atoms. The second kappa shape index (κ2) is 6.02. The molecule has 0 spiro atoms. The van der Waals surface area contributed by atoms with E-state index in [4.69, 9.17) is 0 Å². The summed E-state index contributed by atoms with van der Waals surface area (Å²) in [6, 6.07) is 3.55. The van der Waals surface area contributed by atoms with Gasteiger partial charge in [-0.15, -0.1) is 0 Å². The molecule has 2 aromatic rings. The second-order valence-corrected chi connectivity index (χ2v) is 6.34. The number of rotatable bonds is 2. The summed E-state index contributed by atoms with van der Waals surface area (Å²) in [5, 5.41) is 13.0. The average Bonchev–Trinajstić information content (AvgIpc) is 2.51. The fourth-order valence-electron chi connectivity index (χ4n) is 3.26. The number of aromatic hydroxyl groups is 1. The number of amides is 1. The molecule has 2 N–H and O–H groups in total. The highest BCUT2D eigenvalue weighted by molar-refractivity contribution is 5.96. The number of nitrogens with one attached hydrogen (secondary N) is 1. The van der Waals surface area contributed by atoms with Crippen LogP contribution in [0.25, 0.3) is 5.65 Å². The molecule has 3 rings (SSSR count). The number of aromatic nitrogens is 2. The van der Waals surface area contributed by atoms with E-state index in [-0.39, 0.29) is 11.6 Å². The summed E-state index contributed by atoms with van der Waals surface area (Å²) in [7, 11) is 0. The largest absolute Gasteiger partial charge is 0.493 e. The maximum Gasteiger partial charge on any atom is 0.274 e. The van der Waals surface area contributed by atoms with Crippen LogP contribution >= 0.6 is 0 Å². The first kappa shape index (κ1) is 15.5. The van der Waals surface area contributed by atoms with Crippen LogP contribution in [-0.4, -0.2) is 26.4 Å². The highest BCUT2D eigenvalue weighted by atomic mass is 16.3. The summed E-state index contributed by atoms with van der Waals surface area (Å²) in [4.78, 5) is 29.1. The van der Waals surface area contributed by atoms with Gasteiger partial charge in [-0.05, 0) is 37.3 Å². The maximum absolute atomic E-state index is 12.6. The number of fused-ring (bicyclic) bond motifs is 1. The van der Waals surface area contributed by atoms with Gasteiger partial charge in [0.15, 0.2) is 5.56 Å². The topological polar surface area (TPSA) is 83.7 Å². The Balaban J connectivity index is 1.99. The molecule has 0 unspecified atom stereocenters. The van der Waals surface area contributed by atoms with Crippen molar-refractivity contribution in [2.45, 2.75) is 45.6 Å². The van der Waals surface area contributed by atoms with Crippen molar-refractivity contribution in [1.29, 1.82) is 0 Å². The predicted molar refractivity (Wildman–Crippen MR) is 86.8 cm³/mol. The molecular weight excluding hydrogens is 294 g/mol. The number of pyridine rings is 1. The zero-order valence-corrected chi connectivity index (χ0v) is 13.4. The molecule has 0 radical (unpaired) electrons. The second-order valence-electron chi connectivity index (χ2n) is 6.34. The Morgan fingerprint density at radius 1 is 1.39 bits per heavy atom. The Kier molecular flexibility index (Phi) is 4.07. The highest BCUT2D eigenvalue weighted by Crippen LogP contribution is 2.24. The Bertz CT molecular complexity index is 813. The van der Waals surface area contributed by atoms with Crippen molar-refractivity contribution in [3.63, 3.8) is 0 Å². The van der Waals surface area contributed by atoms with Gasteiger partial charge in [0.05, 0.1) is 0 Å². The van der Waals surface area contributed by atoms with E-state index in [2.05, 4.69) is 17.2 Å². The van der Waals surface area contributed by atoms with Crippen molar-refractivity contribution in [2.24, 2.45) is 5.92 Å². The monoisotopic (exact) mass is 315 g/mol. The van der Waals surface area contributed by atoms with Gasteiger partial charge in [0, 0.05) is 12.2 Å². The van der Waals surface area contributed by atoms with Gasteiger partial charge in [0.1, 0.15) is 5.65 Å². The summed E-state index contributed by atoms with van der Waals surface area (Å²) in [5.74, 6) is -0.687. The van der Waals surface area contributed by atoms with E-state index in [1.54, 1.807) is 25.3 Å². The highest BCUT2D eigenvalue weighted by Gasteiger charge is 2.27. The lowest BCUT2D eigenvalue weighted by atomic mass is 9.86. The first-order valence-corrected chi connectivity index (χ1v) is 8.01. The van der Waals surface area contributed by atoms with Gasteiger partial charge in [0.25, 0.3) is 11.5 Å². The van der Waals surface area contributed by atoms with Crippen molar-refractivity contribution in [3.05, 3.63) is 39.8 Å². The van der Waals surface area contributed by atoms with Crippen LogP contribution in [0.4, 0.5) is 0 Å². The lowest BCUT2D eigenvalue weighted by Crippen LogP contribution is -2.43. The van der Waals surface area contributed by atoms with E-state index in [0.29, 0.717) is 11.6 Å². The molecule has 6 heteroatoms. The van der Waals surface area contributed by atoms with Crippen molar-refractivity contribution in [2.75, 3.05) is 0 Å². The minimum Gasteiger partial charge on any atom is -0.493 e. The summed E-state index contributed by atoms with van der Waals surface area (Å²) >= 11 is 0. The molecule has 0 aromatic carbocycles. The number of hydrogen-bond donors (Lipinski definition) is 2. The van der Waals surface area contributed by atoms with Crippen molar-refractivity contribution in [3.8, 4) is 5.88 Å². The van der Waals surface area contributed by atoms with Gasteiger partial charge in [0.2, 0.25) is 5.88 Å². The van der Waals surface area contributed by atoms with Crippen LogP contribution in [0.2, 0.25) is 0 Å². The van der Waals surface area contributed by atoms with E-state index in [1.165, 1.54) is 4.40 Å². The number of nitrogens with zero attached hydrogens (tertiary/aromatic N) is 2. The fourth-order valence-corrected chi connectivity index (χ4v) is 3.26. The molecule has 2 heterocycles. The van der Waals surface area contributed by atoms with Gasteiger partial charge >= 0.3 is 0 Å². The van der Waals surface area contributed by atoms with Gasteiger partial charge in [-0.2, -0.15) is 4.98 Å². The van der Waals surface area contributed by atoms with Crippen LogP contribution in [0.15, 0.2) is 23.1 Å². The van der Waals surface area contributed by atoms with Gasteiger partial charge in [-0.1, -0.05) is 25.8 Å². The van der Waals surface area contributed by atoms with Crippen molar-refractivity contribution >= 4 is 11.6 Å². The summed E-state index contributed by atoms with van der Waals surface area (Å²) in [6.45, 7) is 3.89. The number of carbonyl (C=O) groups is 1. The molecule has 2 atom stereocenters. The molecule has 23 heavy (non-hydrogen) atoms. The smallest absolute Gasteiger partial charge is 0.274 e. The van der Waals surface area contributed by atoms with E-state index in [9.17, 15) is 14.7 Å². The third kappa shape index (κ3) is 2.81. The first-order valence-electron chi connectivity index (χ1n) is 8.01. The minimum absolute atomic E-state index is 0.0354. The van der Waals surface area contributed by atoms with E-state index in [1.807, 2.05) is 0 Å². The lowest BCUT2D eigenvalue weighted by molar-refractivity contribution is 0.0905. The van der Waals surface area contributed by atoms with Crippen LogP contribution in [0.1, 0.15) is 48.5 Å². The van der Waals surface area contributed by atoms with E-state index in [0.717, 1.165) is 31.2 Å². The van der Waals surface area contributed by atoms with Gasteiger partial charge < -0.3 is 10.4 Å². The predicted octanol–water partition coefficient (Wildman–Crippen LogP) is 2.02. The summed E-state index contributed by atoms with van der Waals surface area (Å²) in [6.07, 6.45) is 5.74. The zero-order chi connectivity index (χ0) is 16.6. The molecule has 1 saturated carbocycles. The Hall–Kier alpha value is -2.37. The molecule has 1 aliphatic rings. The molecule has 0 saturated heterocycles. The Labute approximate surface area is 134 Å². The third-order valence-electron chi connectivity index (χ3n) is 4.69. The van der Waals surface area contributed by atoms with E-state index >= 15 is 0 Å². The van der Waals surface area contributed by atoms with Crippen LogP contribution in [0.5, 0.6) is 5.88 Å². The molecule has 1 fully saturated rings. The number of aryl methyl sites for hydroxylation is 1. The van der Waals surface area contributed by atoms with Crippen LogP contribution in [0.3, 0.4) is 0 Å². The quantitative estimate of drug-likeness (QED) is 0.888. The van der Waals surface area contributed by atoms with Gasteiger partial charge in [-0.25, -0.2) is 0 Å². The van der Waals surface area contributed by atoms with Gasteiger partial charge in [-0.3, -0.25) is 14.0 Å². The Morgan fingerprint density at radius 2 is 2.13 bits per heavy atom. The molecule has 1 aliphatic carbocycles. The molecule has 2 aromatic heterocycles. The van der Waals surface area contributed by atoms with Crippen LogP contribution < -0.4 is 10.9 Å². The average molecular weight is 315 g/mol. The van der Waals surface area contributed by atoms with E-state index < -0.39 is 17.3 Å². The van der Waals surface area contributed by atoms with Crippen LogP contribution in [0, 0.1) is 12.8 Å². The standard InChI is InChI=1S/C17H21N3O3/c1-10-6-3-4-8-12(10)18-15(21)13-16(22)19-14-11(2)7-5-9-20(14)17(13)23/h5,7,9-10,12,22H,3-4,6,8H2,1-2H3,(H,18,21)/t10-,12+/m1/s1.